The Morgan fingerprint density at radius 1 is 0.958 bits per heavy atom. The van der Waals surface area contributed by atoms with Gasteiger partial charge in [0.2, 0.25) is 5.92 Å². The van der Waals surface area contributed by atoms with Gasteiger partial charge in [0.25, 0.3) is 0 Å². The van der Waals surface area contributed by atoms with Crippen LogP contribution in [0.25, 0.3) is 0 Å². The summed E-state index contributed by atoms with van der Waals surface area (Å²) in [5, 5.41) is 2.99. The normalized spacial score (nSPS) is 29.4. The van der Waals surface area contributed by atoms with Gasteiger partial charge >= 0.3 is 6.03 Å². The first-order chi connectivity index (χ1) is 11.5. The van der Waals surface area contributed by atoms with E-state index in [1.807, 2.05) is 4.90 Å². The van der Waals surface area contributed by atoms with Gasteiger partial charge in [0.1, 0.15) is 0 Å². The summed E-state index contributed by atoms with van der Waals surface area (Å²) >= 11 is 0. The number of nitrogens with zero attached hydrogens (tertiary/aromatic N) is 2. The van der Waals surface area contributed by atoms with Gasteiger partial charge in [-0.15, -0.1) is 0 Å². The number of hydrogen-bond acceptors (Lipinski definition) is 2. The van der Waals surface area contributed by atoms with Crippen molar-refractivity contribution in [1.82, 2.24) is 15.1 Å². The molecule has 24 heavy (non-hydrogen) atoms. The Labute approximate surface area is 143 Å². The van der Waals surface area contributed by atoms with Crippen LogP contribution >= 0.6 is 0 Å². The maximum atomic E-state index is 13.2. The zero-order chi connectivity index (χ0) is 17.0. The molecule has 4 nitrogen and oxygen atoms in total. The fourth-order valence-corrected chi connectivity index (χ4v) is 4.40. The Hall–Kier alpha value is -0.910. The predicted octanol–water partition coefficient (Wildman–Crippen LogP) is 3.47. The van der Waals surface area contributed by atoms with Gasteiger partial charge in [-0.2, -0.15) is 0 Å². The lowest BCUT2D eigenvalue weighted by Crippen LogP contribution is -2.43. The number of nitrogens with one attached hydrogen (secondary N) is 1. The minimum Gasteiger partial charge on any atom is -0.338 e. The molecule has 0 spiro atoms. The monoisotopic (exact) mass is 343 g/mol. The summed E-state index contributed by atoms with van der Waals surface area (Å²) in [7, 11) is 0. The highest BCUT2D eigenvalue weighted by atomic mass is 19.3. The zero-order valence-corrected chi connectivity index (χ0v) is 14.6. The number of rotatable bonds is 3. The van der Waals surface area contributed by atoms with Gasteiger partial charge in [0.05, 0.1) is 0 Å². The molecule has 0 aromatic carbocycles. The Balaban J connectivity index is 1.39. The molecule has 1 N–H and O–H groups in total. The number of urea groups is 1. The number of carbonyl (C=O) groups is 1. The van der Waals surface area contributed by atoms with Gasteiger partial charge < -0.3 is 15.1 Å². The van der Waals surface area contributed by atoms with Crippen LogP contribution in [0.15, 0.2) is 0 Å². The van der Waals surface area contributed by atoms with E-state index in [2.05, 4.69) is 10.2 Å². The van der Waals surface area contributed by atoms with Crippen LogP contribution in [0.2, 0.25) is 0 Å². The molecule has 138 valence electrons. The highest BCUT2D eigenvalue weighted by molar-refractivity contribution is 5.74. The topological polar surface area (TPSA) is 35.6 Å². The molecule has 2 saturated heterocycles. The van der Waals surface area contributed by atoms with E-state index in [-0.39, 0.29) is 24.8 Å². The molecule has 1 atom stereocenters. The second-order valence-electron chi connectivity index (χ2n) is 7.80. The summed E-state index contributed by atoms with van der Waals surface area (Å²) in [5.41, 5.74) is 0. The number of alkyl halides is 2. The van der Waals surface area contributed by atoms with Crippen molar-refractivity contribution in [3.8, 4) is 0 Å². The third-order valence-corrected chi connectivity index (χ3v) is 6.02. The van der Waals surface area contributed by atoms with E-state index in [1.165, 1.54) is 32.4 Å². The molecule has 3 fully saturated rings. The van der Waals surface area contributed by atoms with E-state index in [0.717, 1.165) is 25.9 Å². The van der Waals surface area contributed by atoms with Gasteiger partial charge in [0, 0.05) is 38.5 Å². The van der Waals surface area contributed by atoms with Crippen molar-refractivity contribution in [2.45, 2.75) is 69.8 Å². The lowest BCUT2D eigenvalue weighted by atomic mass is 9.87. The molecule has 0 aromatic rings. The van der Waals surface area contributed by atoms with Gasteiger partial charge in [-0.1, -0.05) is 0 Å². The molecule has 1 aliphatic carbocycles. The Morgan fingerprint density at radius 3 is 2.38 bits per heavy atom. The number of likely N-dealkylation sites (tertiary alicyclic amines) is 2. The summed E-state index contributed by atoms with van der Waals surface area (Å²) in [6.07, 6.45) is 6.88. The Morgan fingerprint density at radius 2 is 1.67 bits per heavy atom. The SMILES string of the molecule is O=C(NCC1CCC(F)(F)CC1)N1CCC[C@@H](N2CCCC2)CC1. The lowest BCUT2D eigenvalue weighted by Gasteiger charge is -2.29. The van der Waals surface area contributed by atoms with E-state index in [9.17, 15) is 13.6 Å². The minimum atomic E-state index is -2.49. The third-order valence-electron chi connectivity index (χ3n) is 6.02. The molecule has 3 aliphatic rings. The number of halogens is 2. The van der Waals surface area contributed by atoms with Crippen LogP contribution in [-0.4, -0.2) is 60.5 Å². The summed E-state index contributed by atoms with van der Waals surface area (Å²) in [5.74, 6) is -2.28. The second-order valence-corrected chi connectivity index (χ2v) is 7.80. The standard InChI is InChI=1S/C18H31F2N3O/c19-18(20)8-5-15(6-9-18)14-21-17(24)23-12-3-4-16(7-13-23)22-10-1-2-11-22/h15-16H,1-14H2,(H,21,24)/t16-/m1/s1. The van der Waals surface area contributed by atoms with E-state index in [1.54, 1.807) is 0 Å². The molecule has 2 aliphatic heterocycles. The molecule has 0 aromatic heterocycles. The van der Waals surface area contributed by atoms with E-state index in [0.29, 0.717) is 25.4 Å². The van der Waals surface area contributed by atoms with Crippen molar-refractivity contribution >= 4 is 6.03 Å². The van der Waals surface area contributed by atoms with Crippen molar-refractivity contribution in [2.75, 3.05) is 32.7 Å². The molecule has 2 heterocycles. The van der Waals surface area contributed by atoms with Gasteiger partial charge in [-0.3, -0.25) is 0 Å². The largest absolute Gasteiger partial charge is 0.338 e. The van der Waals surface area contributed by atoms with Gasteiger partial charge in [0.15, 0.2) is 0 Å². The van der Waals surface area contributed by atoms with Crippen LogP contribution in [0.4, 0.5) is 13.6 Å². The summed E-state index contributed by atoms with van der Waals surface area (Å²) in [6, 6.07) is 0.625. The van der Waals surface area contributed by atoms with Crippen molar-refractivity contribution in [2.24, 2.45) is 5.92 Å². The smallest absolute Gasteiger partial charge is 0.317 e. The van der Waals surface area contributed by atoms with Crippen LogP contribution in [0, 0.1) is 5.92 Å². The fraction of sp³-hybridized carbons (Fsp3) is 0.944. The summed E-state index contributed by atoms with van der Waals surface area (Å²) in [6.45, 7) is 4.60. The molecule has 0 unspecified atom stereocenters. The highest BCUT2D eigenvalue weighted by Gasteiger charge is 2.35. The predicted molar refractivity (Wildman–Crippen MR) is 90.3 cm³/mol. The first-order valence-electron chi connectivity index (χ1n) is 9.68. The average Bonchev–Trinajstić information content (AvgIpc) is 2.98. The molecule has 3 rings (SSSR count). The molecule has 2 amide bonds. The van der Waals surface area contributed by atoms with E-state index < -0.39 is 5.92 Å². The molecule has 1 saturated carbocycles. The maximum Gasteiger partial charge on any atom is 0.317 e. The third kappa shape index (κ3) is 4.80. The van der Waals surface area contributed by atoms with Crippen molar-refractivity contribution in [3.63, 3.8) is 0 Å². The quantitative estimate of drug-likeness (QED) is 0.852. The average molecular weight is 343 g/mol. The molecule has 0 radical (unpaired) electrons. The van der Waals surface area contributed by atoms with Gasteiger partial charge in [-0.25, -0.2) is 13.6 Å². The van der Waals surface area contributed by atoms with Crippen LogP contribution in [0.5, 0.6) is 0 Å². The number of hydrogen-bond donors (Lipinski definition) is 1. The Kier molecular flexibility index (Phi) is 5.95. The molecular formula is C18H31F2N3O. The van der Waals surface area contributed by atoms with Crippen molar-refractivity contribution < 1.29 is 13.6 Å². The van der Waals surface area contributed by atoms with E-state index >= 15 is 0 Å². The van der Waals surface area contributed by atoms with Crippen molar-refractivity contribution in [1.29, 1.82) is 0 Å². The molecular weight excluding hydrogens is 312 g/mol. The van der Waals surface area contributed by atoms with Crippen molar-refractivity contribution in [3.05, 3.63) is 0 Å². The highest BCUT2D eigenvalue weighted by Crippen LogP contribution is 2.35. The Bertz CT molecular complexity index is 416. The first-order valence-corrected chi connectivity index (χ1v) is 9.68. The number of amides is 2. The van der Waals surface area contributed by atoms with Crippen LogP contribution in [0.1, 0.15) is 57.8 Å². The van der Waals surface area contributed by atoms with E-state index in [4.69, 9.17) is 0 Å². The second kappa shape index (κ2) is 7.98. The summed E-state index contributed by atoms with van der Waals surface area (Å²) < 4.78 is 26.4. The minimum absolute atomic E-state index is 0.00518. The molecule has 0 bridgehead atoms. The van der Waals surface area contributed by atoms with Crippen LogP contribution < -0.4 is 5.32 Å². The zero-order valence-electron chi connectivity index (χ0n) is 14.6. The van der Waals surface area contributed by atoms with Gasteiger partial charge in [-0.05, 0) is 64.0 Å². The fourth-order valence-electron chi connectivity index (χ4n) is 4.40. The molecule has 6 heteroatoms. The maximum absolute atomic E-state index is 13.2. The first kappa shape index (κ1) is 17.9. The lowest BCUT2D eigenvalue weighted by molar-refractivity contribution is -0.0452. The van der Waals surface area contributed by atoms with Crippen LogP contribution in [-0.2, 0) is 0 Å². The number of carbonyl (C=O) groups excluding carboxylic acids is 1. The summed E-state index contributed by atoms with van der Waals surface area (Å²) in [4.78, 5) is 16.9. The van der Waals surface area contributed by atoms with Crippen LogP contribution in [0.3, 0.4) is 0 Å².